The molecule has 2 amide bonds. The average molecular weight is 264 g/mol. The number of carbonyl (C=O) groups excluding carboxylic acids is 2. The van der Waals surface area contributed by atoms with Gasteiger partial charge in [-0.1, -0.05) is 13.0 Å². The molecule has 0 saturated heterocycles. The molecular weight excluding hydrogens is 248 g/mol. The third-order valence-electron chi connectivity index (χ3n) is 2.63. The second-order valence-corrected chi connectivity index (χ2v) is 3.93. The Labute approximate surface area is 110 Å². The van der Waals surface area contributed by atoms with E-state index in [1.807, 2.05) is 0 Å². The molecule has 1 aromatic rings. The van der Waals surface area contributed by atoms with Gasteiger partial charge in [-0.25, -0.2) is 4.79 Å². The number of carboxylic acids is 1. The molecule has 0 aliphatic heterocycles. The summed E-state index contributed by atoms with van der Waals surface area (Å²) < 4.78 is 0. The van der Waals surface area contributed by atoms with Gasteiger partial charge in [-0.2, -0.15) is 0 Å². The summed E-state index contributed by atoms with van der Waals surface area (Å²) in [5, 5.41) is 13.7. The fourth-order valence-electron chi connectivity index (χ4n) is 1.53. The molecule has 1 atom stereocenters. The molecule has 0 aliphatic carbocycles. The molecule has 0 aromatic heterocycles. The summed E-state index contributed by atoms with van der Waals surface area (Å²) >= 11 is 0. The van der Waals surface area contributed by atoms with Crippen molar-refractivity contribution in [2.24, 2.45) is 0 Å². The molecule has 0 fully saturated rings. The van der Waals surface area contributed by atoms with Crippen LogP contribution in [0.2, 0.25) is 0 Å². The number of carbonyl (C=O) groups is 3. The lowest BCUT2D eigenvalue weighted by Crippen LogP contribution is -2.40. The van der Waals surface area contributed by atoms with E-state index in [0.717, 1.165) is 0 Å². The molecule has 102 valence electrons. The maximum atomic E-state index is 11.9. The minimum absolute atomic E-state index is 0.251. The van der Waals surface area contributed by atoms with Gasteiger partial charge in [-0.05, 0) is 24.6 Å². The molecule has 0 spiro atoms. The summed E-state index contributed by atoms with van der Waals surface area (Å²) in [5.41, 5.74) is 0.597. The lowest BCUT2D eigenvalue weighted by Gasteiger charge is -2.12. The van der Waals surface area contributed by atoms with E-state index in [1.54, 1.807) is 19.1 Å². The van der Waals surface area contributed by atoms with Crippen molar-refractivity contribution in [3.05, 3.63) is 35.4 Å². The molecule has 0 radical (unpaired) electrons. The van der Waals surface area contributed by atoms with Crippen LogP contribution in [-0.2, 0) is 4.79 Å². The van der Waals surface area contributed by atoms with Crippen LogP contribution in [0.25, 0.3) is 0 Å². The number of hydrogen-bond acceptors (Lipinski definition) is 3. The Hall–Kier alpha value is -2.37. The number of nitrogens with one attached hydrogen (secondary N) is 2. The first-order chi connectivity index (χ1) is 8.99. The summed E-state index contributed by atoms with van der Waals surface area (Å²) in [6.45, 7) is 1.67. The minimum Gasteiger partial charge on any atom is -0.480 e. The average Bonchev–Trinajstić information content (AvgIpc) is 2.43. The van der Waals surface area contributed by atoms with Gasteiger partial charge in [-0.15, -0.1) is 0 Å². The molecule has 19 heavy (non-hydrogen) atoms. The van der Waals surface area contributed by atoms with Crippen molar-refractivity contribution in [2.75, 3.05) is 7.05 Å². The molecule has 6 heteroatoms. The van der Waals surface area contributed by atoms with Crippen LogP contribution in [-0.4, -0.2) is 36.0 Å². The first-order valence-corrected chi connectivity index (χ1v) is 5.85. The highest BCUT2D eigenvalue weighted by Gasteiger charge is 2.18. The molecule has 1 rings (SSSR count). The summed E-state index contributed by atoms with van der Waals surface area (Å²) in [5.74, 6) is -1.90. The molecule has 1 unspecified atom stereocenters. The Bertz CT molecular complexity index is 499. The van der Waals surface area contributed by atoms with Crippen LogP contribution >= 0.6 is 0 Å². The highest BCUT2D eigenvalue weighted by atomic mass is 16.4. The first kappa shape index (κ1) is 14.7. The zero-order valence-electron chi connectivity index (χ0n) is 10.8. The van der Waals surface area contributed by atoms with E-state index < -0.39 is 17.9 Å². The highest BCUT2D eigenvalue weighted by molar-refractivity contribution is 6.00. The van der Waals surface area contributed by atoms with Gasteiger partial charge < -0.3 is 15.7 Å². The standard InChI is InChI=1S/C13H16N2O4/c1-3-10(13(18)19)15-12(17)9-6-4-5-8(7-9)11(16)14-2/h4-7,10H,3H2,1-2H3,(H,14,16)(H,15,17)(H,18,19). The molecule has 0 bridgehead atoms. The highest BCUT2D eigenvalue weighted by Crippen LogP contribution is 2.06. The molecule has 6 nitrogen and oxygen atoms in total. The first-order valence-electron chi connectivity index (χ1n) is 5.85. The predicted molar refractivity (Wildman–Crippen MR) is 69.0 cm³/mol. The predicted octanol–water partition coefficient (Wildman–Crippen LogP) is 0.639. The van der Waals surface area contributed by atoms with E-state index in [4.69, 9.17) is 5.11 Å². The van der Waals surface area contributed by atoms with Gasteiger partial charge in [0, 0.05) is 18.2 Å². The fraction of sp³-hybridized carbons (Fsp3) is 0.308. The van der Waals surface area contributed by atoms with Crippen molar-refractivity contribution in [1.29, 1.82) is 0 Å². The number of benzene rings is 1. The zero-order chi connectivity index (χ0) is 14.4. The Morgan fingerprint density at radius 2 is 1.79 bits per heavy atom. The van der Waals surface area contributed by atoms with Gasteiger partial charge >= 0.3 is 5.97 Å². The number of amides is 2. The second-order valence-electron chi connectivity index (χ2n) is 3.93. The maximum absolute atomic E-state index is 11.9. The molecule has 0 heterocycles. The van der Waals surface area contributed by atoms with Gasteiger partial charge in [-0.3, -0.25) is 9.59 Å². The smallest absolute Gasteiger partial charge is 0.326 e. The van der Waals surface area contributed by atoms with Crippen LogP contribution in [0.5, 0.6) is 0 Å². The summed E-state index contributed by atoms with van der Waals surface area (Å²) in [7, 11) is 1.49. The molecular formula is C13H16N2O4. The van der Waals surface area contributed by atoms with E-state index in [9.17, 15) is 14.4 Å². The van der Waals surface area contributed by atoms with E-state index in [-0.39, 0.29) is 17.9 Å². The zero-order valence-corrected chi connectivity index (χ0v) is 10.8. The fourth-order valence-corrected chi connectivity index (χ4v) is 1.53. The van der Waals surface area contributed by atoms with E-state index in [1.165, 1.54) is 19.2 Å². The van der Waals surface area contributed by atoms with Crippen molar-refractivity contribution < 1.29 is 19.5 Å². The minimum atomic E-state index is -1.08. The number of carboxylic acid groups (broad SMARTS) is 1. The number of aliphatic carboxylic acids is 1. The van der Waals surface area contributed by atoms with Crippen LogP contribution in [0.3, 0.4) is 0 Å². The van der Waals surface area contributed by atoms with Crippen LogP contribution in [0.4, 0.5) is 0 Å². The molecule has 1 aromatic carbocycles. The summed E-state index contributed by atoms with van der Waals surface area (Å²) in [6.07, 6.45) is 0.288. The summed E-state index contributed by atoms with van der Waals surface area (Å²) in [4.78, 5) is 34.2. The monoisotopic (exact) mass is 264 g/mol. The van der Waals surface area contributed by atoms with Crippen molar-refractivity contribution in [2.45, 2.75) is 19.4 Å². The van der Waals surface area contributed by atoms with Gasteiger partial charge in [0.15, 0.2) is 0 Å². The Kier molecular flexibility index (Phi) is 5.05. The molecule has 0 aliphatic rings. The normalized spacial score (nSPS) is 11.5. The Balaban J connectivity index is 2.88. The van der Waals surface area contributed by atoms with Gasteiger partial charge in [0.05, 0.1) is 0 Å². The van der Waals surface area contributed by atoms with Gasteiger partial charge in [0.1, 0.15) is 6.04 Å². The lowest BCUT2D eigenvalue weighted by molar-refractivity contribution is -0.139. The van der Waals surface area contributed by atoms with Crippen LogP contribution in [0, 0.1) is 0 Å². The third kappa shape index (κ3) is 3.80. The van der Waals surface area contributed by atoms with Gasteiger partial charge in [0.25, 0.3) is 11.8 Å². The van der Waals surface area contributed by atoms with Crippen molar-refractivity contribution in [3.63, 3.8) is 0 Å². The Morgan fingerprint density at radius 3 is 2.26 bits per heavy atom. The van der Waals surface area contributed by atoms with Gasteiger partial charge in [0.2, 0.25) is 0 Å². The number of rotatable bonds is 5. The quantitative estimate of drug-likeness (QED) is 0.727. The topological polar surface area (TPSA) is 95.5 Å². The third-order valence-corrected chi connectivity index (χ3v) is 2.63. The van der Waals surface area contributed by atoms with Crippen molar-refractivity contribution in [1.82, 2.24) is 10.6 Å². The van der Waals surface area contributed by atoms with E-state index in [0.29, 0.717) is 5.56 Å². The molecule has 0 saturated carbocycles. The largest absolute Gasteiger partial charge is 0.480 e. The maximum Gasteiger partial charge on any atom is 0.326 e. The van der Waals surface area contributed by atoms with E-state index in [2.05, 4.69) is 10.6 Å². The van der Waals surface area contributed by atoms with E-state index >= 15 is 0 Å². The SMILES string of the molecule is CCC(NC(=O)c1cccc(C(=O)NC)c1)C(=O)O. The second kappa shape index (κ2) is 6.53. The van der Waals surface area contributed by atoms with Crippen LogP contribution in [0.15, 0.2) is 24.3 Å². The number of hydrogen-bond donors (Lipinski definition) is 3. The van der Waals surface area contributed by atoms with Crippen LogP contribution < -0.4 is 10.6 Å². The Morgan fingerprint density at radius 1 is 1.21 bits per heavy atom. The molecule has 3 N–H and O–H groups in total. The summed E-state index contributed by atoms with van der Waals surface area (Å²) in [6, 6.07) is 5.15. The van der Waals surface area contributed by atoms with Crippen molar-refractivity contribution >= 4 is 17.8 Å². The van der Waals surface area contributed by atoms with Crippen LogP contribution in [0.1, 0.15) is 34.1 Å². The lowest BCUT2D eigenvalue weighted by atomic mass is 10.1. The van der Waals surface area contributed by atoms with Crippen molar-refractivity contribution in [3.8, 4) is 0 Å².